The van der Waals surface area contributed by atoms with Crippen LogP contribution in [0.5, 0.6) is 0 Å². The van der Waals surface area contributed by atoms with Crippen molar-refractivity contribution in [2.75, 3.05) is 11.9 Å². The smallest absolute Gasteiger partial charge is 0.410 e. The third-order valence-electron chi connectivity index (χ3n) is 6.86. The molecule has 40 heavy (non-hydrogen) atoms. The van der Waals surface area contributed by atoms with E-state index in [1.54, 1.807) is 22.0 Å². The topological polar surface area (TPSA) is 107 Å². The highest BCUT2D eigenvalue weighted by Crippen LogP contribution is 2.27. The largest absolute Gasteiger partial charge is 0.444 e. The molecule has 10 nitrogen and oxygen atoms in total. The van der Waals surface area contributed by atoms with Crippen LogP contribution in [0.15, 0.2) is 47.5 Å². The molecule has 4 aromatic rings. The second kappa shape index (κ2) is 10.1. The van der Waals surface area contributed by atoms with Crippen LogP contribution in [0.2, 0.25) is 0 Å². The van der Waals surface area contributed by atoms with Crippen molar-refractivity contribution >= 4 is 28.8 Å². The Balaban J connectivity index is 1.48. The number of benzene rings is 1. The predicted octanol–water partition coefficient (Wildman–Crippen LogP) is 5.33. The minimum absolute atomic E-state index is 0.144. The molecule has 1 aliphatic rings. The van der Waals surface area contributed by atoms with Crippen LogP contribution in [-0.4, -0.2) is 47.5 Å². The Morgan fingerprint density at radius 3 is 2.52 bits per heavy atom. The van der Waals surface area contributed by atoms with Gasteiger partial charge in [0.2, 0.25) is 5.95 Å². The maximum absolute atomic E-state index is 13.2. The van der Waals surface area contributed by atoms with Crippen molar-refractivity contribution in [2.24, 2.45) is 0 Å². The highest BCUT2D eigenvalue weighted by atomic mass is 16.6. The first-order chi connectivity index (χ1) is 18.8. The van der Waals surface area contributed by atoms with Crippen molar-refractivity contribution in [1.82, 2.24) is 29.2 Å². The first-order valence-electron chi connectivity index (χ1n) is 13.7. The van der Waals surface area contributed by atoms with E-state index in [2.05, 4.69) is 42.1 Å². The van der Waals surface area contributed by atoms with Crippen LogP contribution in [0.25, 0.3) is 16.7 Å². The Hall–Kier alpha value is -4.21. The molecular weight excluding hydrogens is 506 g/mol. The van der Waals surface area contributed by atoms with Crippen molar-refractivity contribution < 1.29 is 9.53 Å². The van der Waals surface area contributed by atoms with Crippen LogP contribution in [0.3, 0.4) is 0 Å². The Bertz CT molecular complexity index is 1640. The number of hydrogen-bond donors (Lipinski definition) is 1. The fraction of sp³-hybridized carbons (Fsp3) is 0.433. The lowest BCUT2D eigenvalue weighted by Gasteiger charge is -2.31. The molecule has 1 aliphatic heterocycles. The Kier molecular flexibility index (Phi) is 6.89. The number of carbonyl (C=O) groups is 1. The first-order valence-corrected chi connectivity index (χ1v) is 13.7. The van der Waals surface area contributed by atoms with Crippen LogP contribution in [-0.2, 0) is 29.7 Å². The summed E-state index contributed by atoms with van der Waals surface area (Å²) >= 11 is 0. The van der Waals surface area contributed by atoms with E-state index < -0.39 is 5.60 Å². The monoisotopic (exact) mass is 543 g/mol. The summed E-state index contributed by atoms with van der Waals surface area (Å²) in [6.07, 6.45) is 3.79. The van der Waals surface area contributed by atoms with E-state index in [1.807, 2.05) is 56.6 Å². The average Bonchev–Trinajstić information content (AvgIpc) is 3.17. The lowest BCUT2D eigenvalue weighted by molar-refractivity contribution is 0.0224. The molecule has 0 unspecified atom stereocenters. The van der Waals surface area contributed by atoms with Gasteiger partial charge in [-0.1, -0.05) is 26.8 Å². The van der Waals surface area contributed by atoms with E-state index >= 15 is 0 Å². The van der Waals surface area contributed by atoms with E-state index in [0.29, 0.717) is 36.6 Å². The molecule has 0 bridgehead atoms. The molecule has 0 saturated carbocycles. The van der Waals surface area contributed by atoms with Gasteiger partial charge in [0.25, 0.3) is 5.56 Å². The lowest BCUT2D eigenvalue weighted by Crippen LogP contribution is -2.39. The van der Waals surface area contributed by atoms with Crippen LogP contribution >= 0.6 is 0 Å². The Labute approximate surface area is 234 Å². The minimum atomic E-state index is -0.543. The highest BCUT2D eigenvalue weighted by molar-refractivity contribution is 5.77. The number of carbonyl (C=O) groups excluding carboxylic acids is 1. The van der Waals surface area contributed by atoms with Gasteiger partial charge >= 0.3 is 6.09 Å². The number of amides is 1. The number of ether oxygens (including phenoxy) is 1. The number of rotatable bonds is 4. The maximum atomic E-state index is 13.2. The quantitative estimate of drug-likeness (QED) is 0.371. The summed E-state index contributed by atoms with van der Waals surface area (Å²) in [6, 6.07) is 9.95. The zero-order valence-electron chi connectivity index (χ0n) is 24.3. The summed E-state index contributed by atoms with van der Waals surface area (Å²) in [5, 5.41) is 3.74. The van der Waals surface area contributed by atoms with E-state index in [0.717, 1.165) is 29.1 Å². The SMILES string of the molecule is CCn1c(=O)c2cnc(Nc3ccc4c(c3)CN(C(=O)OC(C)(C)C)CC4)nc2n1-c1ccnc(C(C)(C)C)c1. The third kappa shape index (κ3) is 5.43. The summed E-state index contributed by atoms with van der Waals surface area (Å²) in [5.41, 5.74) is 4.46. The average molecular weight is 544 g/mol. The van der Waals surface area contributed by atoms with E-state index in [-0.39, 0.29) is 17.1 Å². The lowest BCUT2D eigenvalue weighted by atomic mass is 9.91. The van der Waals surface area contributed by atoms with Crippen LogP contribution in [0, 0.1) is 0 Å². The molecule has 1 aromatic carbocycles. The van der Waals surface area contributed by atoms with Crippen LogP contribution in [0.4, 0.5) is 16.4 Å². The number of anilines is 2. The van der Waals surface area contributed by atoms with E-state index in [1.165, 1.54) is 5.56 Å². The molecule has 210 valence electrons. The van der Waals surface area contributed by atoms with Gasteiger partial charge in [-0.3, -0.25) is 9.78 Å². The molecule has 0 aliphatic carbocycles. The maximum Gasteiger partial charge on any atom is 0.410 e. The highest BCUT2D eigenvalue weighted by Gasteiger charge is 2.26. The van der Waals surface area contributed by atoms with Crippen LogP contribution in [0.1, 0.15) is 65.3 Å². The molecule has 0 radical (unpaired) electrons. The van der Waals surface area contributed by atoms with Crippen molar-refractivity contribution in [1.29, 1.82) is 0 Å². The molecule has 1 N–H and O–H groups in total. The first kappa shape index (κ1) is 27.4. The van der Waals surface area contributed by atoms with E-state index in [9.17, 15) is 9.59 Å². The van der Waals surface area contributed by atoms with Gasteiger partial charge in [-0.25, -0.2) is 19.1 Å². The van der Waals surface area contributed by atoms with Gasteiger partial charge in [0.05, 0.1) is 5.69 Å². The minimum Gasteiger partial charge on any atom is -0.444 e. The van der Waals surface area contributed by atoms with Gasteiger partial charge in [-0.05, 0) is 69.5 Å². The molecule has 0 saturated heterocycles. The molecule has 0 fully saturated rings. The summed E-state index contributed by atoms with van der Waals surface area (Å²) < 4.78 is 9.07. The molecule has 0 spiro atoms. The Morgan fingerprint density at radius 1 is 1.05 bits per heavy atom. The summed E-state index contributed by atoms with van der Waals surface area (Å²) in [6.45, 7) is 15.4. The molecule has 0 atom stereocenters. The molecular formula is C30H37N7O3. The van der Waals surface area contributed by atoms with Crippen molar-refractivity contribution in [2.45, 2.75) is 79.0 Å². The fourth-order valence-electron chi connectivity index (χ4n) is 4.84. The van der Waals surface area contributed by atoms with Gasteiger partial charge in [0.1, 0.15) is 11.0 Å². The molecule has 3 aromatic heterocycles. The second-order valence-corrected chi connectivity index (χ2v) is 12.2. The Morgan fingerprint density at radius 2 is 1.82 bits per heavy atom. The van der Waals surface area contributed by atoms with Gasteiger partial charge in [-0.15, -0.1) is 0 Å². The van der Waals surface area contributed by atoms with Crippen LogP contribution < -0.4 is 10.9 Å². The zero-order valence-corrected chi connectivity index (χ0v) is 24.3. The molecule has 4 heterocycles. The summed E-state index contributed by atoms with van der Waals surface area (Å²) in [4.78, 5) is 41.4. The molecule has 5 rings (SSSR count). The molecule has 10 heteroatoms. The van der Waals surface area contributed by atoms with Gasteiger partial charge in [0, 0.05) is 48.8 Å². The standard InChI is InChI=1S/C30H37N7O3/c1-8-36-26(38)23-17-32-27(34-25(23)37(36)22-11-13-31-24(16-22)29(2,3)4)33-21-10-9-19-12-14-35(18-20(19)15-21)28(39)40-30(5,6)7/h9-11,13,15-17H,8,12,14,18H2,1-7H3,(H,32,33,34). The molecule has 1 amide bonds. The predicted molar refractivity (Wildman–Crippen MR) is 155 cm³/mol. The number of aromatic nitrogens is 5. The second-order valence-electron chi connectivity index (χ2n) is 12.2. The van der Waals surface area contributed by atoms with Crippen molar-refractivity contribution in [3.63, 3.8) is 0 Å². The van der Waals surface area contributed by atoms with Crippen molar-refractivity contribution in [3.05, 3.63) is 69.9 Å². The zero-order chi connectivity index (χ0) is 28.8. The number of hydrogen-bond acceptors (Lipinski definition) is 7. The van der Waals surface area contributed by atoms with Gasteiger partial charge in [0.15, 0.2) is 5.65 Å². The number of nitrogens with one attached hydrogen (secondary N) is 1. The van der Waals surface area contributed by atoms with Crippen molar-refractivity contribution in [3.8, 4) is 5.69 Å². The van der Waals surface area contributed by atoms with Gasteiger partial charge in [-0.2, -0.15) is 4.98 Å². The summed E-state index contributed by atoms with van der Waals surface area (Å²) in [5.74, 6) is 0.374. The normalized spacial score (nSPS) is 13.8. The summed E-state index contributed by atoms with van der Waals surface area (Å²) in [7, 11) is 0. The third-order valence-corrected chi connectivity index (χ3v) is 6.86. The number of pyridine rings is 1. The number of nitrogens with zero attached hydrogens (tertiary/aromatic N) is 6. The van der Waals surface area contributed by atoms with Gasteiger partial charge < -0.3 is 15.0 Å². The fourth-order valence-corrected chi connectivity index (χ4v) is 4.84. The van der Waals surface area contributed by atoms with E-state index in [4.69, 9.17) is 9.72 Å². The number of fused-ring (bicyclic) bond motifs is 2.